The summed E-state index contributed by atoms with van der Waals surface area (Å²) in [5.41, 5.74) is 9.69. The van der Waals surface area contributed by atoms with Crippen molar-refractivity contribution in [3.05, 3.63) is 29.3 Å². The zero-order valence-corrected chi connectivity index (χ0v) is 11.5. The molecule has 0 radical (unpaired) electrons. The van der Waals surface area contributed by atoms with Gasteiger partial charge in [-0.25, -0.2) is 0 Å². The molecule has 18 heavy (non-hydrogen) atoms. The van der Waals surface area contributed by atoms with E-state index in [0.717, 1.165) is 32.5 Å². The number of nitrogens with two attached hydrogens (primary N) is 1. The SMILES string of the molecule is CCOC1CCN(c2ccc(C)cc2CN)CC1. The van der Waals surface area contributed by atoms with Crippen LogP contribution in [0.5, 0.6) is 0 Å². The first-order valence-corrected chi connectivity index (χ1v) is 6.90. The first-order valence-electron chi connectivity index (χ1n) is 6.90. The van der Waals surface area contributed by atoms with Crippen LogP contribution in [0.3, 0.4) is 0 Å². The third-order valence-electron chi connectivity index (χ3n) is 3.64. The van der Waals surface area contributed by atoms with Gasteiger partial charge in [0.15, 0.2) is 0 Å². The Morgan fingerprint density at radius 1 is 1.33 bits per heavy atom. The summed E-state index contributed by atoms with van der Waals surface area (Å²) >= 11 is 0. The zero-order valence-electron chi connectivity index (χ0n) is 11.5. The van der Waals surface area contributed by atoms with Crippen LogP contribution in [-0.4, -0.2) is 25.8 Å². The smallest absolute Gasteiger partial charge is 0.0608 e. The summed E-state index contributed by atoms with van der Waals surface area (Å²) < 4.78 is 5.69. The predicted molar refractivity (Wildman–Crippen MR) is 75.9 cm³/mol. The van der Waals surface area contributed by atoms with Crippen molar-refractivity contribution >= 4 is 5.69 Å². The fourth-order valence-electron chi connectivity index (χ4n) is 2.69. The number of rotatable bonds is 4. The molecule has 0 saturated carbocycles. The van der Waals surface area contributed by atoms with E-state index < -0.39 is 0 Å². The standard InChI is InChI=1S/C15H24N2O/c1-3-18-14-6-8-17(9-7-14)15-5-4-12(2)10-13(15)11-16/h4-5,10,14H,3,6-9,11,16H2,1-2H3. The van der Waals surface area contributed by atoms with Crippen molar-refractivity contribution in [2.75, 3.05) is 24.6 Å². The molecule has 1 aromatic carbocycles. The highest BCUT2D eigenvalue weighted by atomic mass is 16.5. The average molecular weight is 248 g/mol. The molecule has 0 amide bonds. The molecule has 1 saturated heterocycles. The highest BCUT2D eigenvalue weighted by molar-refractivity contribution is 5.55. The van der Waals surface area contributed by atoms with E-state index >= 15 is 0 Å². The fraction of sp³-hybridized carbons (Fsp3) is 0.600. The molecule has 0 aliphatic carbocycles. The lowest BCUT2D eigenvalue weighted by Crippen LogP contribution is -2.37. The van der Waals surface area contributed by atoms with Crippen LogP contribution in [0, 0.1) is 6.92 Å². The molecule has 0 unspecified atom stereocenters. The highest BCUT2D eigenvalue weighted by Gasteiger charge is 2.20. The Kier molecular flexibility index (Phi) is 4.61. The van der Waals surface area contributed by atoms with Gasteiger partial charge in [0.05, 0.1) is 6.10 Å². The van der Waals surface area contributed by atoms with E-state index in [1.165, 1.54) is 16.8 Å². The van der Waals surface area contributed by atoms with Gasteiger partial charge in [0.1, 0.15) is 0 Å². The van der Waals surface area contributed by atoms with Gasteiger partial charge in [-0.05, 0) is 38.3 Å². The third kappa shape index (κ3) is 3.03. The molecule has 0 atom stereocenters. The third-order valence-corrected chi connectivity index (χ3v) is 3.64. The minimum Gasteiger partial charge on any atom is -0.378 e. The van der Waals surface area contributed by atoms with Crippen LogP contribution in [0.25, 0.3) is 0 Å². The summed E-state index contributed by atoms with van der Waals surface area (Å²) in [4.78, 5) is 2.44. The molecule has 3 heteroatoms. The first kappa shape index (κ1) is 13.4. The van der Waals surface area contributed by atoms with Gasteiger partial charge >= 0.3 is 0 Å². The van der Waals surface area contributed by atoms with E-state index in [0.29, 0.717) is 12.6 Å². The maximum Gasteiger partial charge on any atom is 0.0608 e. The van der Waals surface area contributed by atoms with Gasteiger partial charge in [0.25, 0.3) is 0 Å². The Morgan fingerprint density at radius 2 is 2.06 bits per heavy atom. The van der Waals surface area contributed by atoms with Crippen LogP contribution in [-0.2, 0) is 11.3 Å². The molecule has 100 valence electrons. The minimum absolute atomic E-state index is 0.443. The van der Waals surface area contributed by atoms with Gasteiger partial charge in [-0.2, -0.15) is 0 Å². The molecule has 2 N–H and O–H groups in total. The Hall–Kier alpha value is -1.06. The van der Waals surface area contributed by atoms with Crippen LogP contribution < -0.4 is 10.6 Å². The predicted octanol–water partition coefficient (Wildman–Crippen LogP) is 2.46. The number of ether oxygens (including phenoxy) is 1. The van der Waals surface area contributed by atoms with Crippen molar-refractivity contribution in [1.82, 2.24) is 0 Å². The van der Waals surface area contributed by atoms with E-state index in [4.69, 9.17) is 10.5 Å². The summed E-state index contributed by atoms with van der Waals surface area (Å²) in [5.74, 6) is 0. The number of piperidine rings is 1. The molecular weight excluding hydrogens is 224 g/mol. The second-order valence-electron chi connectivity index (χ2n) is 4.98. The molecule has 0 aromatic heterocycles. The monoisotopic (exact) mass is 248 g/mol. The highest BCUT2D eigenvalue weighted by Crippen LogP contribution is 2.25. The normalized spacial score (nSPS) is 17.2. The molecular formula is C15H24N2O. The van der Waals surface area contributed by atoms with Crippen LogP contribution in [0.1, 0.15) is 30.9 Å². The molecule has 1 aliphatic heterocycles. The quantitative estimate of drug-likeness (QED) is 0.889. The van der Waals surface area contributed by atoms with Crippen molar-refractivity contribution in [2.45, 2.75) is 39.3 Å². The van der Waals surface area contributed by atoms with Gasteiger partial charge in [-0.15, -0.1) is 0 Å². The van der Waals surface area contributed by atoms with Gasteiger partial charge in [-0.3, -0.25) is 0 Å². The molecule has 0 spiro atoms. The van der Waals surface area contributed by atoms with E-state index in [1.807, 2.05) is 0 Å². The molecule has 1 fully saturated rings. The molecule has 2 rings (SSSR count). The van der Waals surface area contributed by atoms with Crippen LogP contribution >= 0.6 is 0 Å². The Bertz CT molecular complexity index is 384. The van der Waals surface area contributed by atoms with Crippen LogP contribution in [0.2, 0.25) is 0 Å². The Balaban J connectivity index is 2.05. The lowest BCUT2D eigenvalue weighted by atomic mass is 10.0. The molecule has 1 aromatic rings. The molecule has 3 nitrogen and oxygen atoms in total. The maximum absolute atomic E-state index is 5.85. The van der Waals surface area contributed by atoms with Gasteiger partial charge in [0.2, 0.25) is 0 Å². The van der Waals surface area contributed by atoms with Crippen LogP contribution in [0.4, 0.5) is 5.69 Å². The molecule has 1 heterocycles. The molecule has 0 bridgehead atoms. The van der Waals surface area contributed by atoms with E-state index in [1.54, 1.807) is 0 Å². The van der Waals surface area contributed by atoms with Crippen molar-refractivity contribution in [1.29, 1.82) is 0 Å². The summed E-state index contributed by atoms with van der Waals surface area (Å²) in [5, 5.41) is 0. The zero-order chi connectivity index (χ0) is 13.0. The Morgan fingerprint density at radius 3 is 2.67 bits per heavy atom. The number of aryl methyl sites for hydroxylation is 1. The van der Waals surface area contributed by atoms with E-state index in [2.05, 4.69) is 36.9 Å². The number of hydrogen-bond acceptors (Lipinski definition) is 3. The van der Waals surface area contributed by atoms with Gasteiger partial charge < -0.3 is 15.4 Å². The lowest BCUT2D eigenvalue weighted by Gasteiger charge is -2.34. The minimum atomic E-state index is 0.443. The summed E-state index contributed by atoms with van der Waals surface area (Å²) in [6, 6.07) is 6.58. The number of hydrogen-bond donors (Lipinski definition) is 1. The Labute approximate surface area is 110 Å². The summed E-state index contributed by atoms with van der Waals surface area (Å²) in [6.07, 6.45) is 2.68. The van der Waals surface area contributed by atoms with Crippen molar-refractivity contribution in [3.63, 3.8) is 0 Å². The summed E-state index contributed by atoms with van der Waals surface area (Å²) in [6.45, 7) is 7.76. The van der Waals surface area contributed by atoms with Gasteiger partial charge in [0, 0.05) is 31.9 Å². The lowest BCUT2D eigenvalue weighted by molar-refractivity contribution is 0.0459. The fourth-order valence-corrected chi connectivity index (χ4v) is 2.69. The van der Waals surface area contributed by atoms with Crippen molar-refractivity contribution < 1.29 is 4.74 Å². The number of anilines is 1. The largest absolute Gasteiger partial charge is 0.378 e. The van der Waals surface area contributed by atoms with Crippen molar-refractivity contribution in [3.8, 4) is 0 Å². The van der Waals surface area contributed by atoms with E-state index in [-0.39, 0.29) is 0 Å². The maximum atomic E-state index is 5.85. The number of benzene rings is 1. The summed E-state index contributed by atoms with van der Waals surface area (Å²) in [7, 11) is 0. The molecule has 1 aliphatic rings. The average Bonchev–Trinajstić information content (AvgIpc) is 2.40. The van der Waals surface area contributed by atoms with Gasteiger partial charge in [-0.1, -0.05) is 17.7 Å². The van der Waals surface area contributed by atoms with E-state index in [9.17, 15) is 0 Å². The second-order valence-corrected chi connectivity index (χ2v) is 4.98. The number of nitrogens with zero attached hydrogens (tertiary/aromatic N) is 1. The first-order chi connectivity index (χ1) is 8.74. The topological polar surface area (TPSA) is 38.5 Å². The second kappa shape index (κ2) is 6.21. The van der Waals surface area contributed by atoms with Crippen molar-refractivity contribution in [2.24, 2.45) is 5.73 Å². The van der Waals surface area contributed by atoms with Crippen LogP contribution in [0.15, 0.2) is 18.2 Å².